The van der Waals surface area contributed by atoms with Crippen molar-refractivity contribution >= 4 is 17.7 Å². The van der Waals surface area contributed by atoms with Crippen molar-refractivity contribution in [3.8, 4) is 0 Å². The third-order valence-corrected chi connectivity index (χ3v) is 2.09. The normalized spacial score (nSPS) is 10.1. The zero-order valence-corrected chi connectivity index (χ0v) is 7.43. The first-order chi connectivity index (χ1) is 5.68. The molecule has 0 atom stereocenters. The van der Waals surface area contributed by atoms with E-state index >= 15 is 0 Å². The summed E-state index contributed by atoms with van der Waals surface area (Å²) in [5, 5.41) is 12.0. The maximum Gasteiger partial charge on any atom is 0.313 e. The summed E-state index contributed by atoms with van der Waals surface area (Å²) in [5.41, 5.74) is 0.820. The quantitative estimate of drug-likeness (QED) is 0.769. The summed E-state index contributed by atoms with van der Waals surface area (Å²) in [7, 11) is 0. The van der Waals surface area contributed by atoms with E-state index in [2.05, 4.69) is 5.16 Å². The predicted molar refractivity (Wildman–Crippen MR) is 45.0 cm³/mol. The number of aryl methyl sites for hydroxylation is 1. The fourth-order valence-corrected chi connectivity index (χ4v) is 1.34. The summed E-state index contributed by atoms with van der Waals surface area (Å²) < 4.78 is 4.88. The van der Waals surface area contributed by atoms with E-state index in [4.69, 9.17) is 9.63 Å². The first kappa shape index (κ1) is 9.12. The van der Waals surface area contributed by atoms with E-state index in [1.54, 1.807) is 6.07 Å². The minimum absolute atomic E-state index is 0.0970. The largest absolute Gasteiger partial charge is 0.481 e. The van der Waals surface area contributed by atoms with Crippen molar-refractivity contribution in [1.29, 1.82) is 0 Å². The molecule has 0 bridgehead atoms. The molecule has 0 fully saturated rings. The lowest BCUT2D eigenvalue weighted by Gasteiger charge is -1.91. The molecule has 0 aliphatic carbocycles. The summed E-state index contributed by atoms with van der Waals surface area (Å²) in [6, 6.07) is 1.80. The molecule has 0 aliphatic rings. The van der Waals surface area contributed by atoms with Gasteiger partial charge >= 0.3 is 5.97 Å². The fraction of sp³-hybridized carbons (Fsp3) is 0.429. The van der Waals surface area contributed by atoms with E-state index in [1.165, 1.54) is 11.8 Å². The average molecular weight is 187 g/mol. The van der Waals surface area contributed by atoms with Gasteiger partial charge in [0.25, 0.3) is 0 Å². The summed E-state index contributed by atoms with van der Waals surface area (Å²) >= 11 is 1.29. The molecule has 1 aromatic heterocycles. The van der Waals surface area contributed by atoms with Gasteiger partial charge in [0.1, 0.15) is 5.76 Å². The van der Waals surface area contributed by atoms with Crippen molar-refractivity contribution in [2.75, 3.05) is 5.75 Å². The van der Waals surface area contributed by atoms with Crippen molar-refractivity contribution < 1.29 is 14.4 Å². The molecule has 1 heterocycles. The Labute approximate surface area is 73.9 Å². The molecule has 66 valence electrons. The number of aromatic nitrogens is 1. The lowest BCUT2D eigenvalue weighted by molar-refractivity contribution is -0.133. The number of aliphatic carboxylic acids is 1. The molecule has 12 heavy (non-hydrogen) atoms. The number of carboxylic acid groups (broad SMARTS) is 1. The van der Waals surface area contributed by atoms with Crippen molar-refractivity contribution in [3.63, 3.8) is 0 Å². The van der Waals surface area contributed by atoms with Crippen LogP contribution in [0.3, 0.4) is 0 Å². The zero-order valence-electron chi connectivity index (χ0n) is 6.61. The lowest BCUT2D eigenvalue weighted by atomic mass is 10.4. The van der Waals surface area contributed by atoms with Crippen LogP contribution in [0.2, 0.25) is 0 Å². The molecule has 0 amide bonds. The lowest BCUT2D eigenvalue weighted by Crippen LogP contribution is -1.97. The van der Waals surface area contributed by atoms with Gasteiger partial charge < -0.3 is 9.63 Å². The minimum Gasteiger partial charge on any atom is -0.481 e. The van der Waals surface area contributed by atoms with E-state index in [0.29, 0.717) is 5.75 Å². The van der Waals surface area contributed by atoms with E-state index in [-0.39, 0.29) is 5.75 Å². The van der Waals surface area contributed by atoms with Gasteiger partial charge in [-0.15, -0.1) is 11.8 Å². The van der Waals surface area contributed by atoms with Gasteiger partial charge in [0.2, 0.25) is 0 Å². The van der Waals surface area contributed by atoms with Crippen LogP contribution in [0.5, 0.6) is 0 Å². The van der Waals surface area contributed by atoms with Gasteiger partial charge in [-0.3, -0.25) is 4.79 Å². The Kier molecular flexibility index (Phi) is 3.16. The van der Waals surface area contributed by atoms with Gasteiger partial charge in [0.15, 0.2) is 0 Å². The smallest absolute Gasteiger partial charge is 0.313 e. The number of hydrogen-bond donors (Lipinski definition) is 1. The Morgan fingerprint density at radius 2 is 2.58 bits per heavy atom. The Morgan fingerprint density at radius 1 is 1.83 bits per heavy atom. The third kappa shape index (κ3) is 2.96. The molecule has 0 saturated heterocycles. The Bertz CT molecular complexity index is 271. The average Bonchev–Trinajstić information content (AvgIpc) is 2.35. The van der Waals surface area contributed by atoms with Crippen LogP contribution in [-0.4, -0.2) is 22.0 Å². The Balaban J connectivity index is 2.29. The van der Waals surface area contributed by atoms with Crippen LogP contribution in [0.4, 0.5) is 0 Å². The Hall–Kier alpha value is -0.970. The number of nitrogens with zero attached hydrogens (tertiary/aromatic N) is 1. The van der Waals surface area contributed by atoms with Gasteiger partial charge in [-0.05, 0) is 6.92 Å². The maximum absolute atomic E-state index is 10.1. The first-order valence-corrected chi connectivity index (χ1v) is 4.55. The molecule has 0 aromatic carbocycles. The monoisotopic (exact) mass is 187 g/mol. The van der Waals surface area contributed by atoms with E-state index in [1.807, 2.05) is 6.92 Å². The second kappa shape index (κ2) is 4.15. The highest BCUT2D eigenvalue weighted by atomic mass is 32.2. The first-order valence-electron chi connectivity index (χ1n) is 3.40. The summed E-state index contributed by atoms with van der Waals surface area (Å²) in [4.78, 5) is 10.1. The van der Waals surface area contributed by atoms with Gasteiger partial charge in [-0.25, -0.2) is 0 Å². The maximum atomic E-state index is 10.1. The molecule has 4 nitrogen and oxygen atoms in total. The highest BCUT2D eigenvalue weighted by molar-refractivity contribution is 7.99. The summed E-state index contributed by atoms with van der Waals surface area (Å²) in [5.74, 6) is 0.572. The van der Waals surface area contributed by atoms with Crippen molar-refractivity contribution in [2.45, 2.75) is 12.7 Å². The van der Waals surface area contributed by atoms with Crippen LogP contribution in [0.1, 0.15) is 11.5 Å². The van der Waals surface area contributed by atoms with Crippen LogP contribution >= 0.6 is 11.8 Å². The van der Waals surface area contributed by atoms with E-state index in [9.17, 15) is 4.79 Å². The molecule has 1 N–H and O–H groups in total. The van der Waals surface area contributed by atoms with Gasteiger partial charge in [0.05, 0.1) is 17.2 Å². The summed E-state index contributed by atoms with van der Waals surface area (Å²) in [6.07, 6.45) is 0. The molecular weight excluding hydrogens is 178 g/mol. The molecule has 1 aromatic rings. The van der Waals surface area contributed by atoms with Gasteiger partial charge in [-0.1, -0.05) is 5.16 Å². The molecular formula is C7H9NO3S. The van der Waals surface area contributed by atoms with E-state index < -0.39 is 5.97 Å². The molecule has 5 heteroatoms. The highest BCUT2D eigenvalue weighted by Gasteiger charge is 2.02. The second-order valence-electron chi connectivity index (χ2n) is 2.32. The van der Waals surface area contributed by atoms with Crippen molar-refractivity contribution in [2.24, 2.45) is 0 Å². The summed E-state index contributed by atoms with van der Waals surface area (Å²) in [6.45, 7) is 1.83. The van der Waals surface area contributed by atoms with Crippen LogP contribution in [0.15, 0.2) is 10.6 Å². The predicted octanol–water partition coefficient (Wildman–Crippen LogP) is 1.30. The Morgan fingerprint density at radius 3 is 3.08 bits per heavy atom. The van der Waals surface area contributed by atoms with Crippen LogP contribution in [0, 0.1) is 6.92 Å². The number of thioether (sulfide) groups is 1. The van der Waals surface area contributed by atoms with Gasteiger partial charge in [-0.2, -0.15) is 0 Å². The van der Waals surface area contributed by atoms with Crippen molar-refractivity contribution in [1.82, 2.24) is 5.16 Å². The van der Waals surface area contributed by atoms with Crippen LogP contribution in [0.25, 0.3) is 0 Å². The molecule has 0 saturated carbocycles. The van der Waals surface area contributed by atoms with Gasteiger partial charge in [0, 0.05) is 6.07 Å². The third-order valence-electron chi connectivity index (χ3n) is 1.15. The van der Waals surface area contributed by atoms with Crippen molar-refractivity contribution in [3.05, 3.63) is 17.5 Å². The molecule has 0 spiro atoms. The number of rotatable bonds is 4. The SMILES string of the molecule is Cc1cc(CSCC(=O)O)on1. The molecule has 1 rings (SSSR count). The number of carbonyl (C=O) groups is 1. The van der Waals surface area contributed by atoms with E-state index in [0.717, 1.165) is 11.5 Å². The number of carboxylic acids is 1. The molecule has 0 radical (unpaired) electrons. The topological polar surface area (TPSA) is 63.3 Å². The molecule has 0 unspecified atom stereocenters. The second-order valence-corrected chi connectivity index (χ2v) is 3.31. The standard InChI is InChI=1S/C7H9NO3S/c1-5-2-6(11-8-5)3-12-4-7(9)10/h2H,3-4H2,1H3,(H,9,10). The van der Waals surface area contributed by atoms with Crippen LogP contribution < -0.4 is 0 Å². The number of hydrogen-bond acceptors (Lipinski definition) is 4. The minimum atomic E-state index is -0.809. The highest BCUT2D eigenvalue weighted by Crippen LogP contribution is 2.12. The zero-order chi connectivity index (χ0) is 8.97. The van der Waals surface area contributed by atoms with Crippen LogP contribution in [-0.2, 0) is 10.5 Å². The molecule has 0 aliphatic heterocycles. The fourth-order valence-electron chi connectivity index (χ4n) is 0.723.